The minimum Gasteiger partial charge on any atom is -0.352 e. The molecule has 142 valence electrons. The molecule has 6 heteroatoms. The van der Waals surface area contributed by atoms with Gasteiger partial charge < -0.3 is 10.6 Å². The predicted octanol–water partition coefficient (Wildman–Crippen LogP) is 3.37. The quantitative estimate of drug-likeness (QED) is 0.719. The van der Waals surface area contributed by atoms with Crippen LogP contribution < -0.4 is 10.6 Å². The van der Waals surface area contributed by atoms with Crippen molar-refractivity contribution in [2.45, 2.75) is 32.9 Å². The molecule has 0 bridgehead atoms. The van der Waals surface area contributed by atoms with E-state index in [0.717, 1.165) is 22.4 Å². The van der Waals surface area contributed by atoms with Gasteiger partial charge in [0.25, 0.3) is 5.91 Å². The van der Waals surface area contributed by atoms with Crippen molar-refractivity contribution in [2.24, 2.45) is 0 Å². The highest BCUT2D eigenvalue weighted by Crippen LogP contribution is 2.38. The number of rotatable bonds is 5. The zero-order valence-corrected chi connectivity index (χ0v) is 15.9. The second-order valence-corrected chi connectivity index (χ2v) is 7.09. The molecule has 28 heavy (non-hydrogen) atoms. The molecular formula is C22H22N4O2. The molecular weight excluding hydrogens is 352 g/mol. The summed E-state index contributed by atoms with van der Waals surface area (Å²) in [5.74, 6) is 0.278. The number of carbonyl (C=O) groups excluding carboxylic acids is 2. The van der Waals surface area contributed by atoms with E-state index in [-0.39, 0.29) is 18.2 Å². The van der Waals surface area contributed by atoms with Crippen LogP contribution >= 0.6 is 0 Å². The van der Waals surface area contributed by atoms with Gasteiger partial charge in [-0.05, 0) is 25.0 Å². The lowest BCUT2D eigenvalue weighted by atomic mass is 10.0. The van der Waals surface area contributed by atoms with Crippen molar-refractivity contribution in [1.29, 1.82) is 0 Å². The average Bonchev–Trinajstić information content (AvgIpc) is 3.16. The summed E-state index contributed by atoms with van der Waals surface area (Å²) in [5, 5.41) is 10.3. The Morgan fingerprint density at radius 3 is 2.54 bits per heavy atom. The highest BCUT2D eigenvalue weighted by atomic mass is 16.2. The first kappa shape index (κ1) is 18.0. The monoisotopic (exact) mass is 374 g/mol. The molecule has 6 nitrogen and oxygen atoms in total. The zero-order valence-electron chi connectivity index (χ0n) is 15.9. The molecule has 0 fully saturated rings. The predicted molar refractivity (Wildman–Crippen MR) is 108 cm³/mol. The van der Waals surface area contributed by atoms with Crippen LogP contribution in [-0.4, -0.2) is 21.6 Å². The van der Waals surface area contributed by atoms with E-state index >= 15 is 0 Å². The number of hydrogen-bond acceptors (Lipinski definition) is 3. The second-order valence-electron chi connectivity index (χ2n) is 7.09. The topological polar surface area (TPSA) is 76.0 Å². The SMILES string of the molecule is Cc1ccc(-c2c(C)nn3c2NC(=O)C3CC(=O)NCc2ccccc2)cc1. The lowest BCUT2D eigenvalue weighted by Crippen LogP contribution is -2.28. The maximum Gasteiger partial charge on any atom is 0.251 e. The van der Waals surface area contributed by atoms with E-state index in [1.165, 1.54) is 5.56 Å². The smallest absolute Gasteiger partial charge is 0.251 e. The molecule has 1 aromatic heterocycles. The maximum absolute atomic E-state index is 12.5. The van der Waals surface area contributed by atoms with Crippen LogP contribution in [0.5, 0.6) is 0 Å². The average molecular weight is 374 g/mol. The van der Waals surface area contributed by atoms with Gasteiger partial charge in [0.05, 0.1) is 12.1 Å². The minimum absolute atomic E-state index is 0.0557. The van der Waals surface area contributed by atoms with Crippen molar-refractivity contribution in [3.05, 3.63) is 71.4 Å². The van der Waals surface area contributed by atoms with Crippen molar-refractivity contribution in [3.8, 4) is 11.1 Å². The first-order valence-electron chi connectivity index (χ1n) is 9.30. The van der Waals surface area contributed by atoms with Crippen molar-refractivity contribution in [3.63, 3.8) is 0 Å². The van der Waals surface area contributed by atoms with Crippen LogP contribution in [0.15, 0.2) is 54.6 Å². The number of carbonyl (C=O) groups is 2. The van der Waals surface area contributed by atoms with Gasteiger partial charge >= 0.3 is 0 Å². The van der Waals surface area contributed by atoms with E-state index in [9.17, 15) is 9.59 Å². The van der Waals surface area contributed by atoms with Crippen LogP contribution in [0.2, 0.25) is 0 Å². The largest absolute Gasteiger partial charge is 0.352 e. The van der Waals surface area contributed by atoms with Crippen LogP contribution in [0.3, 0.4) is 0 Å². The van der Waals surface area contributed by atoms with Gasteiger partial charge in [-0.2, -0.15) is 5.10 Å². The fourth-order valence-electron chi connectivity index (χ4n) is 3.49. The van der Waals surface area contributed by atoms with Gasteiger partial charge in [0, 0.05) is 12.1 Å². The fraction of sp³-hybridized carbons (Fsp3) is 0.227. The normalized spacial score (nSPS) is 15.2. The standard InChI is InChI=1S/C22H22N4O2/c1-14-8-10-17(11-9-14)20-15(2)25-26-18(22(28)24-21(20)26)12-19(27)23-13-16-6-4-3-5-7-16/h3-11,18H,12-13H2,1-2H3,(H,23,27)(H,24,28). The Morgan fingerprint density at radius 1 is 1.11 bits per heavy atom. The third kappa shape index (κ3) is 3.41. The molecule has 3 aromatic rings. The molecule has 0 radical (unpaired) electrons. The van der Waals surface area contributed by atoms with Crippen LogP contribution in [-0.2, 0) is 16.1 Å². The van der Waals surface area contributed by atoms with E-state index in [2.05, 4.69) is 15.7 Å². The van der Waals surface area contributed by atoms with E-state index in [1.54, 1.807) is 4.68 Å². The van der Waals surface area contributed by atoms with Gasteiger partial charge in [-0.1, -0.05) is 60.2 Å². The molecule has 1 unspecified atom stereocenters. The molecule has 2 heterocycles. The van der Waals surface area contributed by atoms with Crippen molar-refractivity contribution >= 4 is 17.6 Å². The molecule has 0 saturated carbocycles. The lowest BCUT2D eigenvalue weighted by molar-refractivity contribution is -0.126. The number of hydrogen-bond donors (Lipinski definition) is 2. The Labute approximate surface area is 163 Å². The number of nitrogens with one attached hydrogen (secondary N) is 2. The Hall–Kier alpha value is -3.41. The first-order valence-corrected chi connectivity index (χ1v) is 9.30. The minimum atomic E-state index is -0.635. The number of nitrogens with zero attached hydrogens (tertiary/aromatic N) is 2. The fourth-order valence-corrected chi connectivity index (χ4v) is 3.49. The summed E-state index contributed by atoms with van der Waals surface area (Å²) in [7, 11) is 0. The van der Waals surface area contributed by atoms with Crippen molar-refractivity contribution in [1.82, 2.24) is 15.1 Å². The molecule has 1 aliphatic rings. The summed E-state index contributed by atoms with van der Waals surface area (Å²) in [6.07, 6.45) is 0.0557. The number of benzene rings is 2. The van der Waals surface area contributed by atoms with Gasteiger partial charge in [-0.3, -0.25) is 9.59 Å². The summed E-state index contributed by atoms with van der Waals surface area (Å²) < 4.78 is 1.65. The van der Waals surface area contributed by atoms with Gasteiger partial charge in [0.15, 0.2) is 0 Å². The van der Waals surface area contributed by atoms with E-state index < -0.39 is 6.04 Å². The van der Waals surface area contributed by atoms with E-state index in [4.69, 9.17) is 0 Å². The molecule has 2 N–H and O–H groups in total. The third-order valence-electron chi connectivity index (χ3n) is 4.98. The number of anilines is 1. The number of aryl methyl sites for hydroxylation is 2. The van der Waals surface area contributed by atoms with Crippen LogP contribution in [0.4, 0.5) is 5.82 Å². The molecule has 2 aromatic carbocycles. The highest BCUT2D eigenvalue weighted by Gasteiger charge is 2.36. The summed E-state index contributed by atoms with van der Waals surface area (Å²) in [6.45, 7) is 4.39. The van der Waals surface area contributed by atoms with Crippen molar-refractivity contribution < 1.29 is 9.59 Å². The molecule has 0 aliphatic carbocycles. The number of aromatic nitrogens is 2. The van der Waals surface area contributed by atoms with Gasteiger partial charge in [0.1, 0.15) is 11.9 Å². The summed E-state index contributed by atoms with van der Waals surface area (Å²) in [5.41, 5.74) is 4.92. The third-order valence-corrected chi connectivity index (χ3v) is 4.98. The highest BCUT2D eigenvalue weighted by molar-refractivity contribution is 6.03. The number of amides is 2. The first-order chi connectivity index (χ1) is 13.5. The molecule has 1 atom stereocenters. The lowest BCUT2D eigenvalue weighted by Gasteiger charge is -2.10. The molecule has 2 amide bonds. The van der Waals surface area contributed by atoms with E-state index in [1.807, 2.05) is 68.4 Å². The summed E-state index contributed by atoms with van der Waals surface area (Å²) in [4.78, 5) is 24.9. The molecule has 0 saturated heterocycles. The molecule has 4 rings (SSSR count). The Balaban J connectivity index is 1.52. The van der Waals surface area contributed by atoms with Crippen LogP contribution in [0.25, 0.3) is 11.1 Å². The maximum atomic E-state index is 12.5. The Kier molecular flexibility index (Phi) is 4.69. The van der Waals surface area contributed by atoms with Gasteiger partial charge in [-0.25, -0.2) is 4.68 Å². The van der Waals surface area contributed by atoms with Gasteiger partial charge in [0.2, 0.25) is 5.91 Å². The Morgan fingerprint density at radius 2 is 1.82 bits per heavy atom. The number of fused-ring (bicyclic) bond motifs is 1. The van der Waals surface area contributed by atoms with Crippen molar-refractivity contribution in [2.75, 3.05) is 5.32 Å². The van der Waals surface area contributed by atoms with E-state index in [0.29, 0.717) is 12.4 Å². The van der Waals surface area contributed by atoms with Crippen LogP contribution in [0, 0.1) is 13.8 Å². The second kappa shape index (κ2) is 7.31. The molecule has 0 spiro atoms. The Bertz CT molecular complexity index is 1020. The zero-order chi connectivity index (χ0) is 19.7. The summed E-state index contributed by atoms with van der Waals surface area (Å²) >= 11 is 0. The van der Waals surface area contributed by atoms with Gasteiger partial charge in [-0.15, -0.1) is 0 Å². The van der Waals surface area contributed by atoms with Crippen LogP contribution in [0.1, 0.15) is 29.3 Å². The summed E-state index contributed by atoms with van der Waals surface area (Å²) in [6, 6.07) is 17.2. The molecule has 1 aliphatic heterocycles.